The molecule has 2 atom stereocenters. The van der Waals surface area contributed by atoms with Gasteiger partial charge in [-0.15, -0.1) is 0 Å². The second-order valence-electron chi connectivity index (χ2n) is 2.54. The standard InChI is InChI=1S/C6H11Br2Cl2O4P/c1-2-6(9,10)14-15(11,12)13-5(8)3-4-7/h5H,2-4H2,1H3,(H,11,12). The molecular weight excluding hydrogens is 398 g/mol. The van der Waals surface area contributed by atoms with E-state index in [1.165, 1.54) is 0 Å². The fourth-order valence-electron chi connectivity index (χ4n) is 0.538. The number of hydrogen-bond acceptors (Lipinski definition) is 3. The molecular formula is C6H11Br2Cl2O4P. The largest absolute Gasteiger partial charge is 0.475 e. The van der Waals surface area contributed by atoms with E-state index in [4.69, 9.17) is 27.7 Å². The summed E-state index contributed by atoms with van der Waals surface area (Å²) in [6, 6.07) is 0. The Bertz CT molecular complexity index is 241. The number of phosphoric ester groups is 1. The van der Waals surface area contributed by atoms with Gasteiger partial charge in [-0.3, -0.25) is 4.52 Å². The normalized spacial score (nSPS) is 18.5. The Morgan fingerprint density at radius 3 is 2.53 bits per heavy atom. The number of hydrogen-bond donors (Lipinski definition) is 1. The van der Waals surface area contributed by atoms with Crippen molar-refractivity contribution in [2.24, 2.45) is 0 Å². The van der Waals surface area contributed by atoms with Crippen molar-refractivity contribution in [1.29, 1.82) is 0 Å². The van der Waals surface area contributed by atoms with Crippen LogP contribution in [0.25, 0.3) is 0 Å². The van der Waals surface area contributed by atoms with Gasteiger partial charge >= 0.3 is 7.82 Å². The Morgan fingerprint density at radius 2 is 2.13 bits per heavy atom. The molecule has 92 valence electrons. The molecule has 0 aliphatic rings. The maximum Gasteiger partial charge on any atom is 0.475 e. The van der Waals surface area contributed by atoms with Crippen LogP contribution in [0.4, 0.5) is 0 Å². The Labute approximate surface area is 115 Å². The first kappa shape index (κ1) is 16.6. The van der Waals surface area contributed by atoms with Crippen LogP contribution in [-0.4, -0.2) is 19.8 Å². The van der Waals surface area contributed by atoms with E-state index in [-0.39, 0.29) is 6.42 Å². The average molecular weight is 409 g/mol. The van der Waals surface area contributed by atoms with Gasteiger partial charge < -0.3 is 4.89 Å². The Kier molecular flexibility index (Phi) is 7.95. The van der Waals surface area contributed by atoms with Crippen LogP contribution < -0.4 is 0 Å². The molecule has 0 aromatic carbocycles. The highest BCUT2D eigenvalue weighted by Crippen LogP contribution is 2.52. The van der Waals surface area contributed by atoms with Gasteiger partial charge in [-0.25, -0.2) is 9.09 Å². The Hall–Kier alpha value is 1.65. The van der Waals surface area contributed by atoms with Crippen molar-refractivity contribution >= 4 is 62.9 Å². The average Bonchev–Trinajstić information content (AvgIpc) is 2.01. The van der Waals surface area contributed by atoms with Gasteiger partial charge in [-0.2, -0.15) is 0 Å². The van der Waals surface area contributed by atoms with Crippen molar-refractivity contribution < 1.29 is 18.5 Å². The molecule has 2 unspecified atom stereocenters. The minimum absolute atomic E-state index is 0.162. The third-order valence-corrected chi connectivity index (χ3v) is 4.60. The van der Waals surface area contributed by atoms with E-state index < -0.39 is 17.4 Å². The predicted octanol–water partition coefficient (Wildman–Crippen LogP) is 4.17. The molecule has 0 fully saturated rings. The summed E-state index contributed by atoms with van der Waals surface area (Å²) in [6.45, 7) is 1.62. The van der Waals surface area contributed by atoms with Crippen molar-refractivity contribution in [2.75, 3.05) is 5.33 Å². The molecule has 0 spiro atoms. The predicted molar refractivity (Wildman–Crippen MR) is 67.8 cm³/mol. The smallest absolute Gasteiger partial charge is 0.302 e. The van der Waals surface area contributed by atoms with Crippen molar-refractivity contribution in [3.05, 3.63) is 0 Å². The molecule has 15 heavy (non-hydrogen) atoms. The maximum absolute atomic E-state index is 11.4. The third-order valence-electron chi connectivity index (χ3n) is 1.24. The highest BCUT2D eigenvalue weighted by atomic mass is 79.9. The van der Waals surface area contributed by atoms with Gasteiger partial charge in [-0.1, -0.05) is 62.0 Å². The summed E-state index contributed by atoms with van der Waals surface area (Å²) in [6.07, 6.45) is 0.660. The summed E-state index contributed by atoms with van der Waals surface area (Å²) in [4.78, 5) is 9.28. The molecule has 0 rings (SSSR count). The zero-order valence-electron chi connectivity index (χ0n) is 7.83. The highest BCUT2D eigenvalue weighted by Gasteiger charge is 2.36. The first-order valence-electron chi connectivity index (χ1n) is 4.02. The summed E-state index contributed by atoms with van der Waals surface area (Å²) in [5, 5.41) is 0.0116. The molecule has 9 heteroatoms. The van der Waals surface area contributed by atoms with Crippen LogP contribution in [0.3, 0.4) is 0 Å². The highest BCUT2D eigenvalue weighted by molar-refractivity contribution is 9.10. The first-order chi connectivity index (χ1) is 6.72. The van der Waals surface area contributed by atoms with Crippen molar-refractivity contribution in [2.45, 2.75) is 29.3 Å². The van der Waals surface area contributed by atoms with Crippen LogP contribution in [0.2, 0.25) is 0 Å². The molecule has 0 aliphatic carbocycles. The third kappa shape index (κ3) is 8.38. The van der Waals surface area contributed by atoms with Gasteiger partial charge in [-0.05, 0) is 6.42 Å². The van der Waals surface area contributed by atoms with Gasteiger partial charge in [0.15, 0.2) is 0 Å². The van der Waals surface area contributed by atoms with E-state index in [2.05, 4.69) is 36.4 Å². The van der Waals surface area contributed by atoms with Crippen LogP contribution in [0, 0.1) is 0 Å². The molecule has 0 saturated heterocycles. The van der Waals surface area contributed by atoms with E-state index in [9.17, 15) is 9.46 Å². The lowest BCUT2D eigenvalue weighted by atomic mass is 10.5. The van der Waals surface area contributed by atoms with E-state index >= 15 is 0 Å². The van der Waals surface area contributed by atoms with E-state index in [1.807, 2.05) is 0 Å². The van der Waals surface area contributed by atoms with Crippen molar-refractivity contribution in [1.82, 2.24) is 0 Å². The lowest BCUT2D eigenvalue weighted by molar-refractivity contribution is 0.112. The quantitative estimate of drug-likeness (QED) is 0.507. The molecule has 0 heterocycles. The molecule has 4 nitrogen and oxygen atoms in total. The molecule has 0 radical (unpaired) electrons. The molecule has 0 aromatic rings. The zero-order valence-corrected chi connectivity index (χ0v) is 13.4. The number of phosphoric acid groups is 1. The van der Waals surface area contributed by atoms with Crippen LogP contribution in [0.15, 0.2) is 0 Å². The fraction of sp³-hybridized carbons (Fsp3) is 1.00. The molecule has 0 bridgehead atoms. The summed E-state index contributed by atoms with van der Waals surface area (Å²) < 4.78 is 18.9. The first-order valence-corrected chi connectivity index (χ1v) is 8.31. The maximum atomic E-state index is 11.4. The van der Waals surface area contributed by atoms with Gasteiger partial charge in [0.1, 0.15) is 5.01 Å². The summed E-state index contributed by atoms with van der Waals surface area (Å²) >= 11 is 17.4. The lowest BCUT2D eigenvalue weighted by Gasteiger charge is -2.22. The number of halogens is 4. The van der Waals surface area contributed by atoms with E-state index in [0.717, 1.165) is 0 Å². The second kappa shape index (κ2) is 7.17. The van der Waals surface area contributed by atoms with Crippen LogP contribution in [-0.2, 0) is 13.6 Å². The topological polar surface area (TPSA) is 55.8 Å². The molecule has 0 amide bonds. The summed E-state index contributed by atoms with van der Waals surface area (Å²) in [7, 11) is -4.25. The Morgan fingerprint density at radius 1 is 1.60 bits per heavy atom. The summed E-state index contributed by atoms with van der Waals surface area (Å²) in [5.74, 6) is 0. The molecule has 0 aliphatic heterocycles. The zero-order chi connectivity index (χ0) is 12.1. The number of alkyl halides is 4. The van der Waals surface area contributed by atoms with Crippen molar-refractivity contribution in [3.8, 4) is 0 Å². The summed E-state index contributed by atoms with van der Waals surface area (Å²) in [5.41, 5.74) is 0. The van der Waals surface area contributed by atoms with E-state index in [0.29, 0.717) is 11.8 Å². The number of rotatable bonds is 7. The minimum atomic E-state index is -4.25. The molecule has 0 aromatic heterocycles. The fourth-order valence-corrected chi connectivity index (χ4v) is 3.86. The van der Waals surface area contributed by atoms with Crippen molar-refractivity contribution in [3.63, 3.8) is 0 Å². The van der Waals surface area contributed by atoms with Gasteiger partial charge in [0.05, 0.1) is 0 Å². The van der Waals surface area contributed by atoms with Crippen LogP contribution in [0.1, 0.15) is 19.8 Å². The lowest BCUT2D eigenvalue weighted by Crippen LogP contribution is -2.17. The van der Waals surface area contributed by atoms with Gasteiger partial charge in [0, 0.05) is 11.8 Å². The second-order valence-corrected chi connectivity index (χ2v) is 7.10. The molecule has 0 saturated carbocycles. The SMILES string of the molecule is CCC(Cl)(Cl)OP(=O)(O)OC(Br)CCBr. The monoisotopic (exact) mass is 406 g/mol. The molecule has 1 N–H and O–H groups in total. The van der Waals surface area contributed by atoms with Gasteiger partial charge in [0.2, 0.25) is 4.52 Å². The van der Waals surface area contributed by atoms with Crippen LogP contribution >= 0.6 is 62.9 Å². The Balaban J connectivity index is 4.24. The van der Waals surface area contributed by atoms with E-state index in [1.54, 1.807) is 6.92 Å². The minimum Gasteiger partial charge on any atom is -0.302 e. The van der Waals surface area contributed by atoms with Crippen LogP contribution in [0.5, 0.6) is 0 Å². The van der Waals surface area contributed by atoms with Gasteiger partial charge in [0.25, 0.3) is 0 Å².